The lowest BCUT2D eigenvalue weighted by Crippen LogP contribution is -2.38. The monoisotopic (exact) mass is 440 g/mol. The van der Waals surface area contributed by atoms with Crippen LogP contribution in [0.2, 0.25) is 0 Å². The van der Waals surface area contributed by atoms with E-state index in [1.54, 1.807) is 0 Å². The van der Waals surface area contributed by atoms with E-state index in [1.807, 2.05) is 0 Å². The van der Waals surface area contributed by atoms with E-state index in [9.17, 15) is 0 Å². The first-order chi connectivity index (χ1) is 11.3. The Balaban J connectivity index is 0.00000208. The van der Waals surface area contributed by atoms with Gasteiger partial charge in [-0.3, -0.25) is 4.99 Å². The zero-order valence-electron chi connectivity index (χ0n) is 14.7. The second kappa shape index (κ2) is 9.30. The van der Waals surface area contributed by atoms with Crippen molar-refractivity contribution in [2.75, 3.05) is 19.6 Å². The summed E-state index contributed by atoms with van der Waals surface area (Å²) in [6, 6.07) is 6.48. The highest BCUT2D eigenvalue weighted by Crippen LogP contribution is 2.32. The zero-order chi connectivity index (χ0) is 16.1. The molecule has 0 saturated heterocycles. The van der Waals surface area contributed by atoms with Gasteiger partial charge in [0.1, 0.15) is 0 Å². The molecule has 0 spiro atoms. The van der Waals surface area contributed by atoms with Crippen molar-refractivity contribution in [3.63, 3.8) is 0 Å². The van der Waals surface area contributed by atoms with Crippen LogP contribution in [-0.2, 0) is 6.42 Å². The number of halogens is 1. The van der Waals surface area contributed by atoms with Gasteiger partial charge in [-0.25, -0.2) is 0 Å². The average molecular weight is 440 g/mol. The second-order valence-electron chi connectivity index (χ2n) is 6.48. The molecule has 1 aliphatic carbocycles. The maximum absolute atomic E-state index is 4.68. The SMILES string of the molecule is CCNC(=NCCC1CC1)NCCc1c[nH]c2c(C)cccc12.I. The number of H-pyrrole nitrogens is 1. The van der Waals surface area contributed by atoms with Gasteiger partial charge in [0, 0.05) is 36.7 Å². The number of aryl methyl sites for hydroxylation is 1. The van der Waals surface area contributed by atoms with Gasteiger partial charge in [-0.2, -0.15) is 0 Å². The molecule has 0 aliphatic heterocycles. The highest BCUT2D eigenvalue weighted by Gasteiger charge is 2.20. The second-order valence-corrected chi connectivity index (χ2v) is 6.48. The quantitative estimate of drug-likeness (QED) is 0.347. The van der Waals surface area contributed by atoms with Gasteiger partial charge in [-0.05, 0) is 43.7 Å². The summed E-state index contributed by atoms with van der Waals surface area (Å²) in [5.41, 5.74) is 3.93. The molecule has 0 radical (unpaired) electrons. The summed E-state index contributed by atoms with van der Waals surface area (Å²) < 4.78 is 0. The van der Waals surface area contributed by atoms with Crippen molar-refractivity contribution in [3.05, 3.63) is 35.5 Å². The Morgan fingerprint density at radius 1 is 1.29 bits per heavy atom. The minimum atomic E-state index is 0. The Kier molecular flexibility index (Phi) is 7.40. The Morgan fingerprint density at radius 2 is 2.12 bits per heavy atom. The van der Waals surface area contributed by atoms with Gasteiger partial charge in [0.25, 0.3) is 0 Å². The first-order valence-corrected chi connectivity index (χ1v) is 8.85. The van der Waals surface area contributed by atoms with Crippen LogP contribution in [0.1, 0.15) is 37.3 Å². The Bertz CT molecular complexity index is 673. The minimum Gasteiger partial charge on any atom is -0.361 e. The largest absolute Gasteiger partial charge is 0.361 e. The fourth-order valence-electron chi connectivity index (χ4n) is 2.99. The number of nitrogens with zero attached hydrogens (tertiary/aromatic N) is 1. The smallest absolute Gasteiger partial charge is 0.191 e. The number of nitrogens with one attached hydrogen (secondary N) is 3. The van der Waals surface area contributed by atoms with Crippen LogP contribution in [0.5, 0.6) is 0 Å². The van der Waals surface area contributed by atoms with Gasteiger partial charge in [-0.1, -0.05) is 31.0 Å². The molecule has 4 nitrogen and oxygen atoms in total. The third-order valence-electron chi connectivity index (χ3n) is 4.54. The van der Waals surface area contributed by atoms with Gasteiger partial charge in [0.05, 0.1) is 0 Å². The number of aromatic nitrogens is 1. The normalized spacial score (nSPS) is 14.5. The Hall–Kier alpha value is -1.24. The van der Waals surface area contributed by atoms with Crippen molar-refractivity contribution in [2.24, 2.45) is 10.9 Å². The number of fused-ring (bicyclic) bond motifs is 1. The van der Waals surface area contributed by atoms with E-state index in [-0.39, 0.29) is 24.0 Å². The molecular weight excluding hydrogens is 411 g/mol. The number of hydrogen-bond donors (Lipinski definition) is 3. The molecule has 0 amide bonds. The molecule has 0 bridgehead atoms. The summed E-state index contributed by atoms with van der Waals surface area (Å²) in [7, 11) is 0. The molecule has 1 heterocycles. The molecular formula is C19H29IN4. The molecule has 1 fully saturated rings. The third kappa shape index (κ3) is 5.13. The van der Waals surface area contributed by atoms with Gasteiger partial charge in [0.2, 0.25) is 0 Å². The van der Waals surface area contributed by atoms with E-state index < -0.39 is 0 Å². The number of guanidine groups is 1. The number of para-hydroxylation sites is 1. The summed E-state index contributed by atoms with van der Waals surface area (Å²) in [5.74, 6) is 1.89. The predicted molar refractivity (Wildman–Crippen MR) is 113 cm³/mol. The fourth-order valence-corrected chi connectivity index (χ4v) is 2.99. The minimum absolute atomic E-state index is 0. The molecule has 0 unspecified atom stereocenters. The molecule has 1 aliphatic rings. The topological polar surface area (TPSA) is 52.2 Å². The maximum Gasteiger partial charge on any atom is 0.191 e. The summed E-state index contributed by atoms with van der Waals surface area (Å²) in [6.45, 7) is 7.00. The lowest BCUT2D eigenvalue weighted by Gasteiger charge is -2.11. The molecule has 3 rings (SSSR count). The Labute approximate surface area is 161 Å². The number of aromatic amines is 1. The van der Waals surface area contributed by atoms with Gasteiger partial charge >= 0.3 is 0 Å². The predicted octanol–water partition coefficient (Wildman–Crippen LogP) is 3.99. The molecule has 1 aromatic carbocycles. The van der Waals surface area contributed by atoms with Crippen molar-refractivity contribution < 1.29 is 0 Å². The van der Waals surface area contributed by atoms with Crippen LogP contribution in [0, 0.1) is 12.8 Å². The van der Waals surface area contributed by atoms with Crippen molar-refractivity contribution in [2.45, 2.75) is 39.5 Å². The zero-order valence-corrected chi connectivity index (χ0v) is 17.0. The van der Waals surface area contributed by atoms with Crippen LogP contribution < -0.4 is 10.6 Å². The molecule has 1 saturated carbocycles. The first kappa shape index (κ1) is 19.1. The standard InChI is InChI=1S/C19H28N4.HI/c1-3-20-19(21-11-9-15-7-8-15)22-12-10-16-13-23-18-14(2)5-4-6-17(16)18;/h4-6,13,15,23H,3,7-12H2,1-2H3,(H2,20,21,22);1H. The van der Waals surface area contributed by atoms with E-state index in [0.29, 0.717) is 0 Å². The molecule has 3 N–H and O–H groups in total. The number of hydrogen-bond acceptors (Lipinski definition) is 1. The van der Waals surface area contributed by atoms with Crippen molar-refractivity contribution in [1.29, 1.82) is 0 Å². The molecule has 24 heavy (non-hydrogen) atoms. The number of aliphatic imine (C=N–C) groups is 1. The average Bonchev–Trinajstić information content (AvgIpc) is 3.27. The van der Waals surface area contributed by atoms with Crippen LogP contribution in [0.15, 0.2) is 29.4 Å². The van der Waals surface area contributed by atoms with Crippen LogP contribution >= 0.6 is 24.0 Å². The summed E-state index contributed by atoms with van der Waals surface area (Å²) in [6.07, 6.45) is 7.17. The van der Waals surface area contributed by atoms with E-state index in [4.69, 9.17) is 0 Å². The highest BCUT2D eigenvalue weighted by molar-refractivity contribution is 14.0. The van der Waals surface area contributed by atoms with Crippen LogP contribution in [-0.4, -0.2) is 30.6 Å². The van der Waals surface area contributed by atoms with E-state index in [0.717, 1.165) is 37.9 Å². The van der Waals surface area contributed by atoms with Crippen molar-refractivity contribution >= 4 is 40.8 Å². The molecule has 132 valence electrons. The lowest BCUT2D eigenvalue weighted by molar-refractivity contribution is 0.724. The number of benzene rings is 1. The fraction of sp³-hybridized carbons (Fsp3) is 0.526. The molecule has 5 heteroatoms. The van der Waals surface area contributed by atoms with Gasteiger partial charge in [-0.15, -0.1) is 24.0 Å². The third-order valence-corrected chi connectivity index (χ3v) is 4.54. The van der Waals surface area contributed by atoms with Gasteiger partial charge < -0.3 is 15.6 Å². The molecule has 0 atom stereocenters. The Morgan fingerprint density at radius 3 is 2.88 bits per heavy atom. The summed E-state index contributed by atoms with van der Waals surface area (Å²) >= 11 is 0. The van der Waals surface area contributed by atoms with Crippen molar-refractivity contribution in [3.8, 4) is 0 Å². The van der Waals surface area contributed by atoms with Crippen molar-refractivity contribution in [1.82, 2.24) is 15.6 Å². The molecule has 2 aromatic rings. The highest BCUT2D eigenvalue weighted by atomic mass is 127. The van der Waals surface area contributed by atoms with Crippen LogP contribution in [0.3, 0.4) is 0 Å². The summed E-state index contributed by atoms with van der Waals surface area (Å²) in [5, 5.41) is 8.13. The van der Waals surface area contributed by atoms with E-state index >= 15 is 0 Å². The number of rotatable bonds is 7. The van der Waals surface area contributed by atoms with E-state index in [2.05, 4.69) is 58.9 Å². The molecule has 1 aromatic heterocycles. The first-order valence-electron chi connectivity index (χ1n) is 8.85. The van der Waals surface area contributed by atoms with Crippen LogP contribution in [0.25, 0.3) is 10.9 Å². The summed E-state index contributed by atoms with van der Waals surface area (Å²) in [4.78, 5) is 8.08. The van der Waals surface area contributed by atoms with E-state index in [1.165, 1.54) is 41.3 Å². The maximum atomic E-state index is 4.68. The van der Waals surface area contributed by atoms with Crippen LogP contribution in [0.4, 0.5) is 0 Å². The van der Waals surface area contributed by atoms with Gasteiger partial charge in [0.15, 0.2) is 5.96 Å². The lowest BCUT2D eigenvalue weighted by atomic mass is 10.1.